The van der Waals surface area contributed by atoms with Gasteiger partial charge in [0.05, 0.1) is 40.2 Å². The molecule has 4 aromatic rings. The molecule has 2 aromatic heterocycles. The van der Waals surface area contributed by atoms with Crippen molar-refractivity contribution in [3.8, 4) is 5.75 Å². The standard InChI is InChI=1S/C29H32N4O4S/c1-29(2,3)20-10-11-23(37-5)22(16-20)33-28(35)24-15-18-7-6-8-21(26(18)38-24)32-27(34)19-9-12-25(31-17-19)30-13-14-36-4/h6-12,15-17H,13-14H2,1-5H3,(H,30,31)(H,32,34)(H,33,35). The predicted octanol–water partition coefficient (Wildman–Crippen LogP) is 6.17. The molecule has 0 atom stereocenters. The van der Waals surface area contributed by atoms with Crippen LogP contribution in [0.25, 0.3) is 10.1 Å². The van der Waals surface area contributed by atoms with E-state index in [1.54, 1.807) is 26.4 Å². The molecular formula is C29H32N4O4S. The molecule has 0 radical (unpaired) electrons. The first-order chi connectivity index (χ1) is 18.2. The number of anilines is 3. The van der Waals surface area contributed by atoms with E-state index in [1.807, 2.05) is 42.5 Å². The predicted molar refractivity (Wildman–Crippen MR) is 154 cm³/mol. The molecule has 9 heteroatoms. The van der Waals surface area contributed by atoms with Crippen LogP contribution < -0.4 is 20.7 Å². The van der Waals surface area contributed by atoms with E-state index < -0.39 is 0 Å². The number of rotatable bonds is 9. The van der Waals surface area contributed by atoms with Crippen LogP contribution in [-0.2, 0) is 10.2 Å². The first-order valence-electron chi connectivity index (χ1n) is 12.2. The molecule has 2 amide bonds. The smallest absolute Gasteiger partial charge is 0.265 e. The third-order valence-corrected chi connectivity index (χ3v) is 7.15. The lowest BCUT2D eigenvalue weighted by Crippen LogP contribution is -2.14. The molecule has 0 saturated heterocycles. The van der Waals surface area contributed by atoms with Crippen LogP contribution in [0.2, 0.25) is 0 Å². The van der Waals surface area contributed by atoms with Gasteiger partial charge < -0.3 is 25.4 Å². The molecule has 2 aromatic carbocycles. The normalized spacial score (nSPS) is 11.3. The second kappa shape index (κ2) is 11.6. The Balaban J connectivity index is 1.52. The zero-order valence-electron chi connectivity index (χ0n) is 22.2. The number of nitrogens with zero attached hydrogens (tertiary/aromatic N) is 1. The fourth-order valence-electron chi connectivity index (χ4n) is 3.84. The summed E-state index contributed by atoms with van der Waals surface area (Å²) in [6, 6.07) is 16.7. The van der Waals surface area contributed by atoms with Crippen molar-refractivity contribution >= 4 is 50.4 Å². The highest BCUT2D eigenvalue weighted by atomic mass is 32.1. The number of aromatic nitrogens is 1. The van der Waals surface area contributed by atoms with Crippen molar-refractivity contribution in [2.24, 2.45) is 0 Å². The van der Waals surface area contributed by atoms with E-state index in [0.29, 0.717) is 46.5 Å². The largest absolute Gasteiger partial charge is 0.495 e. The van der Waals surface area contributed by atoms with E-state index >= 15 is 0 Å². The molecule has 198 valence electrons. The zero-order chi connectivity index (χ0) is 27.3. The van der Waals surface area contributed by atoms with E-state index in [9.17, 15) is 9.59 Å². The van der Waals surface area contributed by atoms with Gasteiger partial charge in [-0.2, -0.15) is 0 Å². The number of fused-ring (bicyclic) bond motifs is 1. The molecule has 2 heterocycles. The average Bonchev–Trinajstić information content (AvgIpc) is 3.34. The van der Waals surface area contributed by atoms with Crippen LogP contribution in [0.3, 0.4) is 0 Å². The second-order valence-electron chi connectivity index (χ2n) is 9.76. The molecule has 0 saturated carbocycles. The highest BCUT2D eigenvalue weighted by Gasteiger charge is 2.19. The minimum absolute atomic E-state index is 0.0766. The van der Waals surface area contributed by atoms with Crippen molar-refractivity contribution in [1.82, 2.24) is 4.98 Å². The maximum atomic E-state index is 13.2. The number of thiophene rings is 1. The Labute approximate surface area is 226 Å². The first kappa shape index (κ1) is 27.1. The van der Waals surface area contributed by atoms with Crippen LogP contribution in [0, 0.1) is 0 Å². The fourth-order valence-corrected chi connectivity index (χ4v) is 4.86. The average molecular weight is 533 g/mol. The van der Waals surface area contributed by atoms with Gasteiger partial charge in [-0.1, -0.05) is 39.0 Å². The van der Waals surface area contributed by atoms with Crippen LogP contribution in [0.4, 0.5) is 17.2 Å². The number of ether oxygens (including phenoxy) is 2. The first-order valence-corrected chi connectivity index (χ1v) is 13.0. The summed E-state index contributed by atoms with van der Waals surface area (Å²) >= 11 is 1.32. The van der Waals surface area contributed by atoms with E-state index in [0.717, 1.165) is 15.6 Å². The van der Waals surface area contributed by atoms with Crippen LogP contribution >= 0.6 is 11.3 Å². The summed E-state index contributed by atoms with van der Waals surface area (Å²) in [5.74, 6) is 0.735. The number of benzene rings is 2. The fraction of sp³-hybridized carbons (Fsp3) is 0.276. The summed E-state index contributed by atoms with van der Waals surface area (Å²) in [5, 5.41) is 9.94. The molecule has 4 rings (SSSR count). The Hall–Kier alpha value is -3.95. The Morgan fingerprint density at radius 1 is 0.947 bits per heavy atom. The van der Waals surface area contributed by atoms with Crippen molar-refractivity contribution in [3.05, 3.63) is 76.8 Å². The molecule has 38 heavy (non-hydrogen) atoms. The Kier molecular flexibility index (Phi) is 8.29. The van der Waals surface area contributed by atoms with Crippen molar-refractivity contribution in [2.45, 2.75) is 26.2 Å². The third-order valence-electron chi connectivity index (χ3n) is 5.97. The number of hydrogen-bond donors (Lipinski definition) is 3. The molecule has 0 unspecified atom stereocenters. The lowest BCUT2D eigenvalue weighted by molar-refractivity contribution is 0.102. The quantitative estimate of drug-likeness (QED) is 0.223. The number of carbonyl (C=O) groups is 2. The monoisotopic (exact) mass is 532 g/mol. The van der Waals surface area contributed by atoms with Crippen LogP contribution in [0.1, 0.15) is 46.4 Å². The van der Waals surface area contributed by atoms with Crippen molar-refractivity contribution in [1.29, 1.82) is 0 Å². The second-order valence-corrected chi connectivity index (χ2v) is 10.8. The van der Waals surface area contributed by atoms with E-state index in [4.69, 9.17) is 9.47 Å². The summed E-state index contributed by atoms with van der Waals surface area (Å²) in [7, 11) is 3.21. The molecule has 0 aliphatic rings. The van der Waals surface area contributed by atoms with Crippen LogP contribution in [0.5, 0.6) is 5.75 Å². The molecule has 8 nitrogen and oxygen atoms in total. The van der Waals surface area contributed by atoms with Gasteiger partial charge in [-0.15, -0.1) is 11.3 Å². The number of amides is 2. The summed E-state index contributed by atoms with van der Waals surface area (Å²) in [5.41, 5.74) is 2.69. The van der Waals surface area contributed by atoms with Gasteiger partial charge in [0, 0.05) is 19.9 Å². The summed E-state index contributed by atoms with van der Waals surface area (Å²) < 4.78 is 11.3. The van der Waals surface area contributed by atoms with Gasteiger partial charge in [-0.3, -0.25) is 9.59 Å². The van der Waals surface area contributed by atoms with Gasteiger partial charge in [0.2, 0.25) is 0 Å². The maximum absolute atomic E-state index is 13.2. The summed E-state index contributed by atoms with van der Waals surface area (Å²) in [6.45, 7) is 7.54. The lowest BCUT2D eigenvalue weighted by Gasteiger charge is -2.21. The molecule has 0 bridgehead atoms. The Bertz CT molecular complexity index is 1440. The van der Waals surface area contributed by atoms with Crippen molar-refractivity contribution < 1.29 is 19.1 Å². The van der Waals surface area contributed by atoms with Crippen molar-refractivity contribution in [2.75, 3.05) is 43.3 Å². The number of hydrogen-bond acceptors (Lipinski definition) is 7. The molecule has 0 spiro atoms. The third kappa shape index (κ3) is 6.30. The lowest BCUT2D eigenvalue weighted by atomic mass is 9.87. The van der Waals surface area contributed by atoms with E-state index in [1.165, 1.54) is 17.5 Å². The van der Waals surface area contributed by atoms with Gasteiger partial charge in [-0.25, -0.2) is 4.98 Å². The highest BCUT2D eigenvalue weighted by molar-refractivity contribution is 7.21. The Morgan fingerprint density at radius 2 is 1.74 bits per heavy atom. The van der Waals surface area contributed by atoms with Gasteiger partial charge in [0.25, 0.3) is 11.8 Å². The molecular weight excluding hydrogens is 500 g/mol. The number of carbonyl (C=O) groups excluding carboxylic acids is 2. The summed E-state index contributed by atoms with van der Waals surface area (Å²) in [4.78, 5) is 31.0. The molecule has 3 N–H and O–H groups in total. The van der Waals surface area contributed by atoms with Gasteiger partial charge >= 0.3 is 0 Å². The van der Waals surface area contributed by atoms with Crippen LogP contribution in [0.15, 0.2) is 60.8 Å². The SMILES string of the molecule is COCCNc1ccc(C(=O)Nc2cccc3cc(C(=O)Nc4cc(C(C)(C)C)ccc4OC)sc23)cn1. The molecule has 0 aliphatic heterocycles. The highest BCUT2D eigenvalue weighted by Crippen LogP contribution is 2.35. The summed E-state index contributed by atoms with van der Waals surface area (Å²) in [6.07, 6.45) is 1.52. The van der Waals surface area contributed by atoms with Gasteiger partial charge in [-0.05, 0) is 52.8 Å². The minimum atomic E-state index is -0.281. The van der Waals surface area contributed by atoms with Gasteiger partial charge in [0.1, 0.15) is 11.6 Å². The number of nitrogens with one attached hydrogen (secondary N) is 3. The topological polar surface area (TPSA) is 102 Å². The number of pyridine rings is 1. The Morgan fingerprint density at radius 3 is 2.42 bits per heavy atom. The van der Waals surface area contributed by atoms with Crippen molar-refractivity contribution in [3.63, 3.8) is 0 Å². The molecule has 0 fully saturated rings. The maximum Gasteiger partial charge on any atom is 0.265 e. The van der Waals surface area contributed by atoms with E-state index in [-0.39, 0.29) is 17.2 Å². The minimum Gasteiger partial charge on any atom is -0.495 e. The zero-order valence-corrected chi connectivity index (χ0v) is 23.0. The number of methoxy groups -OCH3 is 2. The van der Waals surface area contributed by atoms with Gasteiger partial charge in [0.15, 0.2) is 0 Å². The van der Waals surface area contributed by atoms with E-state index in [2.05, 4.69) is 41.7 Å². The molecule has 0 aliphatic carbocycles. The van der Waals surface area contributed by atoms with Crippen LogP contribution in [-0.4, -0.2) is 44.2 Å².